The molecular weight excluding hydrogens is 369 g/mol. The van der Waals surface area contributed by atoms with E-state index in [0.717, 1.165) is 21.6 Å². The second kappa shape index (κ2) is 5.49. The molecule has 0 heterocycles. The first-order valence-electron chi connectivity index (χ1n) is 6.87. The van der Waals surface area contributed by atoms with Gasteiger partial charge < -0.3 is 5.32 Å². The minimum absolute atomic E-state index is 0.120. The molecule has 110 valence electrons. The summed E-state index contributed by atoms with van der Waals surface area (Å²) in [5.74, 6) is 0. The maximum Gasteiger partial charge on any atom is 0.0593 e. The van der Waals surface area contributed by atoms with E-state index in [1.54, 1.807) is 0 Å². The van der Waals surface area contributed by atoms with Crippen LogP contribution in [-0.2, 0) is 6.42 Å². The number of hydrogen-bond donors (Lipinski definition) is 1. The number of rotatable bonds is 2. The van der Waals surface area contributed by atoms with Crippen molar-refractivity contribution >= 4 is 44.8 Å². The van der Waals surface area contributed by atoms with Crippen LogP contribution in [0.2, 0.25) is 10.0 Å². The Kier molecular flexibility index (Phi) is 3.98. The summed E-state index contributed by atoms with van der Waals surface area (Å²) in [4.78, 5) is 0. The Bertz CT molecular complexity index is 697. The molecule has 0 aromatic heterocycles. The number of benzene rings is 2. The van der Waals surface area contributed by atoms with Gasteiger partial charge in [0.05, 0.1) is 21.2 Å². The van der Waals surface area contributed by atoms with Crippen LogP contribution in [0.4, 0.5) is 5.69 Å². The van der Waals surface area contributed by atoms with Crippen LogP contribution < -0.4 is 5.32 Å². The molecule has 1 unspecified atom stereocenters. The zero-order valence-corrected chi connectivity index (χ0v) is 15.0. The highest BCUT2D eigenvalue weighted by atomic mass is 79.9. The van der Waals surface area contributed by atoms with E-state index in [1.807, 2.05) is 24.3 Å². The van der Waals surface area contributed by atoms with E-state index < -0.39 is 0 Å². The van der Waals surface area contributed by atoms with Gasteiger partial charge in [-0.25, -0.2) is 0 Å². The lowest BCUT2D eigenvalue weighted by molar-refractivity contribution is 0.337. The Morgan fingerprint density at radius 2 is 1.95 bits per heavy atom. The molecule has 0 amide bonds. The van der Waals surface area contributed by atoms with Gasteiger partial charge in [0.15, 0.2) is 0 Å². The van der Waals surface area contributed by atoms with Crippen LogP contribution in [0, 0.1) is 5.41 Å². The zero-order chi connectivity index (χ0) is 15.2. The number of hydrogen-bond acceptors (Lipinski definition) is 1. The van der Waals surface area contributed by atoms with E-state index in [0.29, 0.717) is 5.02 Å². The van der Waals surface area contributed by atoms with E-state index >= 15 is 0 Å². The third-order valence-electron chi connectivity index (χ3n) is 4.10. The van der Waals surface area contributed by atoms with Gasteiger partial charge in [-0.3, -0.25) is 0 Å². The van der Waals surface area contributed by atoms with Gasteiger partial charge >= 0.3 is 0 Å². The minimum Gasteiger partial charge on any atom is -0.377 e. The number of anilines is 1. The molecule has 3 rings (SSSR count). The normalized spacial score (nSPS) is 19.4. The molecule has 4 heteroatoms. The predicted molar refractivity (Wildman–Crippen MR) is 94.5 cm³/mol. The maximum absolute atomic E-state index is 6.19. The summed E-state index contributed by atoms with van der Waals surface area (Å²) in [7, 11) is 0. The Morgan fingerprint density at radius 1 is 1.19 bits per heavy atom. The van der Waals surface area contributed by atoms with Gasteiger partial charge in [0, 0.05) is 5.02 Å². The Morgan fingerprint density at radius 3 is 2.71 bits per heavy atom. The van der Waals surface area contributed by atoms with Crippen molar-refractivity contribution in [2.45, 2.75) is 26.3 Å². The molecule has 0 radical (unpaired) electrons. The highest BCUT2D eigenvalue weighted by Gasteiger charge is 2.39. The molecule has 1 nitrogen and oxygen atoms in total. The quantitative estimate of drug-likeness (QED) is 0.623. The monoisotopic (exact) mass is 383 g/mol. The van der Waals surface area contributed by atoms with Crippen molar-refractivity contribution in [1.29, 1.82) is 0 Å². The summed E-state index contributed by atoms with van der Waals surface area (Å²) in [5, 5.41) is 5.12. The number of halogens is 3. The van der Waals surface area contributed by atoms with Crippen LogP contribution in [0.15, 0.2) is 40.9 Å². The van der Waals surface area contributed by atoms with Crippen molar-refractivity contribution in [3.05, 3.63) is 62.0 Å². The molecule has 21 heavy (non-hydrogen) atoms. The maximum atomic E-state index is 6.19. The van der Waals surface area contributed by atoms with E-state index in [2.05, 4.69) is 47.2 Å². The summed E-state index contributed by atoms with van der Waals surface area (Å²) in [6.07, 6.45) is 1.04. The average Bonchev–Trinajstić information content (AvgIpc) is 2.66. The third-order valence-corrected chi connectivity index (χ3v) is 5.73. The van der Waals surface area contributed by atoms with Gasteiger partial charge in [-0.1, -0.05) is 49.2 Å². The molecule has 0 spiro atoms. The minimum atomic E-state index is 0.120. The second-order valence-corrected chi connectivity index (χ2v) is 7.82. The standard InChI is InChI=1S/C17H16BrCl2N/c1-17(2)9-10-6-7-11(19)8-12(10)16(17)21-14-5-3-4-13(20)15(14)18/h3-8,16,21H,9H2,1-2H3. The van der Waals surface area contributed by atoms with Crippen molar-refractivity contribution in [1.82, 2.24) is 0 Å². The summed E-state index contributed by atoms with van der Waals surface area (Å²) >= 11 is 15.9. The van der Waals surface area contributed by atoms with Crippen molar-refractivity contribution in [3.8, 4) is 0 Å². The molecule has 0 aliphatic heterocycles. The molecule has 2 aromatic carbocycles. The summed E-state index contributed by atoms with van der Waals surface area (Å²) in [6.45, 7) is 4.55. The van der Waals surface area contributed by atoms with Crippen LogP contribution in [0.1, 0.15) is 31.0 Å². The highest BCUT2D eigenvalue weighted by molar-refractivity contribution is 9.10. The van der Waals surface area contributed by atoms with Crippen molar-refractivity contribution in [2.24, 2.45) is 5.41 Å². The Labute approximate surface area is 143 Å². The van der Waals surface area contributed by atoms with Gasteiger partial charge in [0.1, 0.15) is 0 Å². The van der Waals surface area contributed by atoms with Gasteiger partial charge in [-0.05, 0) is 63.2 Å². The van der Waals surface area contributed by atoms with Crippen LogP contribution in [0.25, 0.3) is 0 Å². The lowest BCUT2D eigenvalue weighted by atomic mass is 9.85. The second-order valence-electron chi connectivity index (χ2n) is 6.19. The fourth-order valence-corrected chi connectivity index (χ4v) is 3.79. The van der Waals surface area contributed by atoms with Gasteiger partial charge in [0.25, 0.3) is 0 Å². The fourth-order valence-electron chi connectivity index (χ4n) is 3.05. The first-order valence-corrected chi connectivity index (χ1v) is 8.42. The SMILES string of the molecule is CC1(C)Cc2ccc(Cl)cc2C1Nc1cccc(Cl)c1Br. The summed E-state index contributed by atoms with van der Waals surface area (Å²) in [5.41, 5.74) is 3.77. The largest absolute Gasteiger partial charge is 0.377 e. The highest BCUT2D eigenvalue weighted by Crippen LogP contribution is 2.48. The Balaban J connectivity index is 2.02. The molecular formula is C17H16BrCl2N. The van der Waals surface area contributed by atoms with Crippen LogP contribution in [-0.4, -0.2) is 0 Å². The Hall–Kier alpha value is -0.700. The van der Waals surface area contributed by atoms with Gasteiger partial charge in [-0.2, -0.15) is 0 Å². The number of nitrogens with one attached hydrogen (secondary N) is 1. The zero-order valence-electron chi connectivity index (χ0n) is 11.9. The first-order chi connectivity index (χ1) is 9.88. The van der Waals surface area contributed by atoms with Crippen LogP contribution in [0.3, 0.4) is 0 Å². The van der Waals surface area contributed by atoms with Crippen LogP contribution in [0.5, 0.6) is 0 Å². The van der Waals surface area contributed by atoms with Gasteiger partial charge in [-0.15, -0.1) is 0 Å². The lowest BCUT2D eigenvalue weighted by Crippen LogP contribution is -2.24. The first kappa shape index (κ1) is 15.2. The molecule has 1 aliphatic carbocycles. The molecule has 0 fully saturated rings. The molecule has 1 atom stereocenters. The van der Waals surface area contributed by atoms with Crippen molar-refractivity contribution < 1.29 is 0 Å². The summed E-state index contributed by atoms with van der Waals surface area (Å²) in [6, 6.07) is 12.2. The predicted octanol–water partition coefficient (Wildman–Crippen LogP) is 6.49. The molecule has 0 bridgehead atoms. The van der Waals surface area contributed by atoms with Crippen molar-refractivity contribution in [3.63, 3.8) is 0 Å². The fraction of sp³-hybridized carbons (Fsp3) is 0.294. The summed E-state index contributed by atoms with van der Waals surface area (Å²) < 4.78 is 0.901. The molecule has 2 aromatic rings. The van der Waals surface area contributed by atoms with E-state index in [-0.39, 0.29) is 11.5 Å². The van der Waals surface area contributed by atoms with Crippen LogP contribution >= 0.6 is 39.1 Å². The van der Waals surface area contributed by atoms with E-state index in [9.17, 15) is 0 Å². The van der Waals surface area contributed by atoms with Gasteiger partial charge in [0.2, 0.25) is 0 Å². The molecule has 0 saturated carbocycles. The molecule has 1 aliphatic rings. The van der Waals surface area contributed by atoms with E-state index in [1.165, 1.54) is 11.1 Å². The van der Waals surface area contributed by atoms with Crippen molar-refractivity contribution in [2.75, 3.05) is 5.32 Å². The number of fused-ring (bicyclic) bond motifs is 1. The smallest absolute Gasteiger partial charge is 0.0593 e. The molecule has 0 saturated heterocycles. The third kappa shape index (κ3) is 2.81. The lowest BCUT2D eigenvalue weighted by Gasteiger charge is -2.30. The topological polar surface area (TPSA) is 12.0 Å². The molecule has 1 N–H and O–H groups in total. The average molecular weight is 385 g/mol. The van der Waals surface area contributed by atoms with E-state index in [4.69, 9.17) is 23.2 Å².